The summed E-state index contributed by atoms with van der Waals surface area (Å²) < 4.78 is 4.89. The van der Waals surface area contributed by atoms with Crippen LogP contribution in [0, 0.1) is 6.26 Å². The van der Waals surface area contributed by atoms with Crippen LogP contribution in [0.3, 0.4) is 0 Å². The number of hydrogen-bond donors (Lipinski definition) is 0. The largest absolute Gasteiger partial charge is 0.460 e. The Labute approximate surface area is 54.0 Å². The van der Waals surface area contributed by atoms with E-state index in [4.69, 9.17) is 4.42 Å². The van der Waals surface area contributed by atoms with Crippen molar-refractivity contribution in [2.75, 3.05) is 0 Å². The summed E-state index contributed by atoms with van der Waals surface area (Å²) in [6.45, 7) is 0. The highest BCUT2D eigenvalue weighted by molar-refractivity contribution is 5.53. The molecule has 45 valence electrons. The molecule has 0 N–H and O–H groups in total. The fourth-order valence-electron chi connectivity index (χ4n) is 1.07. The molecular formula is C8H7O. The Balaban J connectivity index is 2.53. The van der Waals surface area contributed by atoms with E-state index in [1.54, 1.807) is 6.26 Å². The Bertz CT molecular complexity index is 232. The lowest BCUT2D eigenvalue weighted by Crippen LogP contribution is -1.87. The molecule has 0 saturated heterocycles. The molecule has 1 aliphatic carbocycles. The van der Waals surface area contributed by atoms with Crippen LogP contribution in [0.5, 0.6) is 0 Å². The average Bonchev–Trinajstić information content (AvgIpc) is 2.33. The third kappa shape index (κ3) is 0.689. The molecule has 0 fully saturated rings. The highest BCUT2D eigenvalue weighted by Crippen LogP contribution is 2.18. The first-order valence-electron chi connectivity index (χ1n) is 3.11. The Kier molecular flexibility index (Phi) is 0.950. The second-order valence-electron chi connectivity index (χ2n) is 2.22. The van der Waals surface area contributed by atoms with E-state index in [0.717, 1.165) is 18.4 Å². The van der Waals surface area contributed by atoms with E-state index in [1.165, 1.54) is 5.56 Å². The first-order chi connectivity index (χ1) is 4.47. The second kappa shape index (κ2) is 1.76. The van der Waals surface area contributed by atoms with Gasteiger partial charge in [-0.15, -0.1) is 0 Å². The van der Waals surface area contributed by atoms with Gasteiger partial charge in [-0.2, -0.15) is 0 Å². The van der Waals surface area contributed by atoms with Gasteiger partial charge in [0.05, 0.1) is 6.26 Å². The lowest BCUT2D eigenvalue weighted by atomic mass is 10.0. The lowest BCUT2D eigenvalue weighted by molar-refractivity contribution is 0.555. The van der Waals surface area contributed by atoms with Crippen LogP contribution < -0.4 is 0 Å². The van der Waals surface area contributed by atoms with Gasteiger partial charge in [0.1, 0.15) is 0 Å². The quantitative estimate of drug-likeness (QED) is 0.509. The normalized spacial score (nSPS) is 15.6. The van der Waals surface area contributed by atoms with Crippen molar-refractivity contribution in [2.45, 2.75) is 12.8 Å². The Morgan fingerprint density at radius 3 is 3.44 bits per heavy atom. The molecule has 0 atom stereocenters. The molecule has 1 aromatic rings. The topological polar surface area (TPSA) is 13.1 Å². The summed E-state index contributed by atoms with van der Waals surface area (Å²) in [5.74, 6) is 0. The van der Waals surface area contributed by atoms with Crippen LogP contribution in [-0.4, -0.2) is 0 Å². The first kappa shape index (κ1) is 4.86. The van der Waals surface area contributed by atoms with Crippen molar-refractivity contribution in [2.24, 2.45) is 0 Å². The summed E-state index contributed by atoms with van der Waals surface area (Å²) in [6, 6.07) is 0. The summed E-state index contributed by atoms with van der Waals surface area (Å²) in [5, 5.41) is 0. The van der Waals surface area contributed by atoms with Crippen LogP contribution in [0.25, 0.3) is 6.08 Å². The molecule has 1 radical (unpaired) electrons. The van der Waals surface area contributed by atoms with Crippen LogP contribution in [0.1, 0.15) is 17.5 Å². The third-order valence-corrected chi connectivity index (χ3v) is 1.58. The first-order valence-corrected chi connectivity index (χ1v) is 3.11. The van der Waals surface area contributed by atoms with Crippen molar-refractivity contribution in [3.8, 4) is 0 Å². The molecule has 0 amide bonds. The minimum Gasteiger partial charge on any atom is -0.460 e. The molecule has 1 nitrogen and oxygen atoms in total. The second-order valence-corrected chi connectivity index (χ2v) is 2.22. The number of allylic oxidation sites excluding steroid dienone is 1. The van der Waals surface area contributed by atoms with Crippen molar-refractivity contribution >= 4 is 6.08 Å². The lowest BCUT2D eigenvalue weighted by Gasteiger charge is -1.99. The van der Waals surface area contributed by atoms with Gasteiger partial charge in [-0.25, -0.2) is 0 Å². The molecule has 1 aromatic heterocycles. The van der Waals surface area contributed by atoms with E-state index >= 15 is 0 Å². The van der Waals surface area contributed by atoms with Crippen LogP contribution in [0.15, 0.2) is 16.8 Å². The van der Waals surface area contributed by atoms with E-state index in [0.29, 0.717) is 0 Å². The fourth-order valence-corrected chi connectivity index (χ4v) is 1.07. The van der Waals surface area contributed by atoms with Crippen molar-refractivity contribution < 1.29 is 4.42 Å². The molecule has 1 heteroatoms. The number of furan rings is 1. The molecular weight excluding hydrogens is 112 g/mol. The average molecular weight is 119 g/mol. The van der Waals surface area contributed by atoms with Crippen molar-refractivity contribution in [1.82, 2.24) is 0 Å². The summed E-state index contributed by atoms with van der Waals surface area (Å²) in [5.41, 5.74) is 2.42. The van der Waals surface area contributed by atoms with Crippen LogP contribution in [0.4, 0.5) is 0 Å². The summed E-state index contributed by atoms with van der Waals surface area (Å²) in [4.78, 5) is 0. The molecule has 2 rings (SSSR count). The smallest absolute Gasteiger partial charge is 0.177 e. The van der Waals surface area contributed by atoms with Gasteiger partial charge < -0.3 is 4.42 Å². The monoisotopic (exact) mass is 119 g/mol. The molecule has 0 saturated carbocycles. The number of aryl methyl sites for hydroxylation is 1. The van der Waals surface area contributed by atoms with Crippen molar-refractivity contribution in [1.29, 1.82) is 0 Å². The SMILES string of the molecule is [c]1occ2c1C=CCC2. The van der Waals surface area contributed by atoms with Gasteiger partial charge in [0, 0.05) is 5.56 Å². The third-order valence-electron chi connectivity index (χ3n) is 1.58. The Morgan fingerprint density at radius 1 is 1.56 bits per heavy atom. The zero-order valence-electron chi connectivity index (χ0n) is 5.05. The van der Waals surface area contributed by atoms with Crippen LogP contribution in [0.2, 0.25) is 0 Å². The molecule has 0 aliphatic heterocycles. The number of fused-ring (bicyclic) bond motifs is 1. The van der Waals surface area contributed by atoms with Gasteiger partial charge in [-0.1, -0.05) is 12.2 Å². The molecule has 0 aromatic carbocycles. The molecule has 0 spiro atoms. The zero-order chi connectivity index (χ0) is 6.10. The highest BCUT2D eigenvalue weighted by atomic mass is 16.3. The van der Waals surface area contributed by atoms with Crippen LogP contribution in [-0.2, 0) is 6.42 Å². The standard InChI is InChI=1S/C8H7O/c1-2-4-8-6-9-5-7(8)3-1/h1,3,6H,2,4H2. The predicted octanol–water partition coefficient (Wildman–Crippen LogP) is 2.04. The number of rotatable bonds is 0. The Morgan fingerprint density at radius 2 is 2.56 bits per heavy atom. The Hall–Kier alpha value is -0.980. The molecule has 1 heterocycles. The minimum atomic E-state index is 1.11. The highest BCUT2D eigenvalue weighted by Gasteiger charge is 2.04. The number of hydrogen-bond acceptors (Lipinski definition) is 1. The maximum absolute atomic E-state index is 4.89. The van der Waals surface area contributed by atoms with Crippen molar-refractivity contribution in [3.05, 3.63) is 29.7 Å². The molecule has 9 heavy (non-hydrogen) atoms. The zero-order valence-corrected chi connectivity index (χ0v) is 5.05. The predicted molar refractivity (Wildman–Crippen MR) is 34.9 cm³/mol. The van der Waals surface area contributed by atoms with E-state index < -0.39 is 0 Å². The minimum absolute atomic E-state index is 1.11. The molecule has 0 bridgehead atoms. The summed E-state index contributed by atoms with van der Waals surface area (Å²) in [7, 11) is 0. The van der Waals surface area contributed by atoms with E-state index in [9.17, 15) is 0 Å². The van der Waals surface area contributed by atoms with Gasteiger partial charge in [-0.05, 0) is 18.4 Å². The summed E-state index contributed by atoms with van der Waals surface area (Å²) >= 11 is 0. The van der Waals surface area contributed by atoms with Gasteiger partial charge >= 0.3 is 0 Å². The van der Waals surface area contributed by atoms with E-state index in [-0.39, 0.29) is 0 Å². The van der Waals surface area contributed by atoms with E-state index in [1.807, 2.05) is 0 Å². The van der Waals surface area contributed by atoms with Gasteiger partial charge in [0.25, 0.3) is 0 Å². The van der Waals surface area contributed by atoms with Crippen molar-refractivity contribution in [3.63, 3.8) is 0 Å². The van der Waals surface area contributed by atoms with Gasteiger partial charge in [-0.3, -0.25) is 0 Å². The maximum atomic E-state index is 4.89. The summed E-state index contributed by atoms with van der Waals surface area (Å²) in [6.07, 6.45) is 11.0. The molecule has 0 unspecified atom stereocenters. The maximum Gasteiger partial charge on any atom is 0.177 e. The fraction of sp³-hybridized carbons (Fsp3) is 0.250. The van der Waals surface area contributed by atoms with E-state index in [2.05, 4.69) is 18.4 Å². The van der Waals surface area contributed by atoms with Gasteiger partial charge in [0.15, 0.2) is 6.26 Å². The van der Waals surface area contributed by atoms with Crippen LogP contribution >= 0.6 is 0 Å². The molecule has 1 aliphatic rings. The van der Waals surface area contributed by atoms with Gasteiger partial charge in [0.2, 0.25) is 0 Å².